The van der Waals surface area contributed by atoms with Crippen LogP contribution in [0.5, 0.6) is 0 Å². The van der Waals surface area contributed by atoms with E-state index in [0.29, 0.717) is 17.0 Å². The minimum absolute atomic E-state index is 0.0842. The lowest BCUT2D eigenvalue weighted by Gasteiger charge is -2.11. The van der Waals surface area contributed by atoms with Crippen LogP contribution in [0, 0.1) is 23.0 Å². The number of nitrogens with one attached hydrogen (secondary N) is 1. The summed E-state index contributed by atoms with van der Waals surface area (Å²) in [6, 6.07) is 6.86. The Balaban J connectivity index is 1.81. The molecular weight excluding hydrogens is 328 g/mol. The lowest BCUT2D eigenvalue weighted by Crippen LogP contribution is -2.11. The zero-order valence-electron chi connectivity index (χ0n) is 13.5. The zero-order chi connectivity index (χ0) is 18.0. The molecule has 1 fully saturated rings. The van der Waals surface area contributed by atoms with Gasteiger partial charge in [0.15, 0.2) is 11.6 Å². The molecule has 0 amide bonds. The summed E-state index contributed by atoms with van der Waals surface area (Å²) < 4.78 is 32.6. The standard InChI is InChI=1S/C18H15F2N3O2/c1-25-18(24)13-5-4-12(23-16(13)11-2-3-11)9-22-17-14(19)6-10(8-21)7-15(17)20/h4-7,11,22H,2-3,9H2,1H3. The van der Waals surface area contributed by atoms with Crippen molar-refractivity contribution < 1.29 is 18.3 Å². The maximum absolute atomic E-state index is 13.9. The van der Waals surface area contributed by atoms with Gasteiger partial charge in [-0.2, -0.15) is 5.26 Å². The first-order valence-electron chi connectivity index (χ1n) is 7.74. The monoisotopic (exact) mass is 343 g/mol. The molecule has 1 aliphatic rings. The molecule has 0 radical (unpaired) electrons. The normalized spacial score (nSPS) is 13.2. The topological polar surface area (TPSA) is 75.0 Å². The number of hydrogen-bond donors (Lipinski definition) is 1. The minimum atomic E-state index is -0.842. The summed E-state index contributed by atoms with van der Waals surface area (Å²) in [5.74, 6) is -1.91. The lowest BCUT2D eigenvalue weighted by molar-refractivity contribution is 0.0598. The fourth-order valence-corrected chi connectivity index (χ4v) is 2.55. The van der Waals surface area contributed by atoms with Crippen LogP contribution in [-0.4, -0.2) is 18.1 Å². The third-order valence-electron chi connectivity index (χ3n) is 3.97. The lowest BCUT2D eigenvalue weighted by atomic mass is 10.1. The highest BCUT2D eigenvalue weighted by atomic mass is 19.1. The Morgan fingerprint density at radius 3 is 2.60 bits per heavy atom. The second-order valence-corrected chi connectivity index (χ2v) is 5.78. The largest absolute Gasteiger partial charge is 0.465 e. The molecule has 128 valence electrons. The maximum atomic E-state index is 13.9. The van der Waals surface area contributed by atoms with Crippen LogP contribution in [0.1, 0.15) is 46.1 Å². The molecule has 0 bridgehead atoms. The third kappa shape index (κ3) is 3.58. The Bertz CT molecular complexity index is 850. The molecule has 1 aromatic heterocycles. The minimum Gasteiger partial charge on any atom is -0.465 e. The molecule has 2 aromatic rings. The van der Waals surface area contributed by atoms with Crippen LogP contribution in [0.3, 0.4) is 0 Å². The van der Waals surface area contributed by atoms with Gasteiger partial charge in [-0.05, 0) is 37.1 Å². The molecule has 3 rings (SSSR count). The van der Waals surface area contributed by atoms with Crippen molar-refractivity contribution in [2.24, 2.45) is 0 Å². The second kappa shape index (κ2) is 6.85. The summed E-state index contributed by atoms with van der Waals surface area (Å²) in [7, 11) is 1.31. The number of carbonyl (C=O) groups excluding carboxylic acids is 1. The van der Waals surface area contributed by atoms with E-state index in [-0.39, 0.29) is 23.7 Å². The number of anilines is 1. The quantitative estimate of drug-likeness (QED) is 0.841. The molecule has 1 N–H and O–H groups in total. The van der Waals surface area contributed by atoms with Gasteiger partial charge in [0.2, 0.25) is 0 Å². The molecule has 0 atom stereocenters. The molecule has 5 nitrogen and oxygen atoms in total. The first-order chi connectivity index (χ1) is 12.0. The number of halogens is 2. The predicted molar refractivity (Wildman–Crippen MR) is 86.0 cm³/mol. The molecule has 7 heteroatoms. The van der Waals surface area contributed by atoms with Gasteiger partial charge in [0.25, 0.3) is 0 Å². The highest BCUT2D eigenvalue weighted by Crippen LogP contribution is 2.40. The van der Waals surface area contributed by atoms with Gasteiger partial charge >= 0.3 is 5.97 Å². The maximum Gasteiger partial charge on any atom is 0.339 e. The summed E-state index contributed by atoms with van der Waals surface area (Å²) in [5, 5.41) is 11.4. The number of methoxy groups -OCH3 is 1. The predicted octanol–water partition coefficient (Wildman–Crippen LogP) is 3.51. The Hall–Kier alpha value is -3.01. The van der Waals surface area contributed by atoms with E-state index in [4.69, 9.17) is 10.00 Å². The number of nitriles is 1. The zero-order valence-corrected chi connectivity index (χ0v) is 13.5. The number of nitrogens with zero attached hydrogens (tertiary/aromatic N) is 2. The summed E-state index contributed by atoms with van der Waals surface area (Å²) in [4.78, 5) is 16.3. The summed E-state index contributed by atoms with van der Waals surface area (Å²) in [5.41, 5.74) is 1.23. The van der Waals surface area contributed by atoms with Crippen molar-refractivity contribution in [2.45, 2.75) is 25.3 Å². The van der Waals surface area contributed by atoms with Crippen LogP contribution in [0.25, 0.3) is 0 Å². The highest BCUT2D eigenvalue weighted by Gasteiger charge is 2.30. The molecule has 0 aliphatic heterocycles. The molecule has 1 aliphatic carbocycles. The molecule has 0 unspecified atom stereocenters. The van der Waals surface area contributed by atoms with Gasteiger partial charge in [-0.25, -0.2) is 13.6 Å². The van der Waals surface area contributed by atoms with E-state index < -0.39 is 17.6 Å². The number of benzene rings is 1. The molecule has 25 heavy (non-hydrogen) atoms. The van der Waals surface area contributed by atoms with Crippen LogP contribution < -0.4 is 5.32 Å². The van der Waals surface area contributed by atoms with Crippen LogP contribution in [0.2, 0.25) is 0 Å². The van der Waals surface area contributed by atoms with Crippen molar-refractivity contribution in [2.75, 3.05) is 12.4 Å². The van der Waals surface area contributed by atoms with E-state index in [9.17, 15) is 13.6 Å². The van der Waals surface area contributed by atoms with Crippen molar-refractivity contribution in [3.8, 4) is 6.07 Å². The van der Waals surface area contributed by atoms with Crippen molar-refractivity contribution in [3.63, 3.8) is 0 Å². The first kappa shape index (κ1) is 16.8. The Kier molecular flexibility index (Phi) is 4.61. The molecule has 0 saturated heterocycles. The molecular formula is C18H15F2N3O2. The number of carbonyl (C=O) groups is 1. The SMILES string of the molecule is COC(=O)c1ccc(CNc2c(F)cc(C#N)cc2F)nc1C1CC1. The van der Waals surface area contributed by atoms with E-state index in [0.717, 1.165) is 25.0 Å². The van der Waals surface area contributed by atoms with E-state index in [1.54, 1.807) is 18.2 Å². The van der Waals surface area contributed by atoms with Crippen LogP contribution in [-0.2, 0) is 11.3 Å². The first-order valence-corrected chi connectivity index (χ1v) is 7.74. The highest BCUT2D eigenvalue weighted by molar-refractivity contribution is 5.90. The van der Waals surface area contributed by atoms with Gasteiger partial charge in [0.1, 0.15) is 5.69 Å². The Labute approximate surface area is 143 Å². The Morgan fingerprint density at radius 2 is 2.04 bits per heavy atom. The number of hydrogen-bond acceptors (Lipinski definition) is 5. The van der Waals surface area contributed by atoms with Crippen molar-refractivity contribution in [1.29, 1.82) is 5.26 Å². The van der Waals surface area contributed by atoms with Gasteiger partial charge in [-0.15, -0.1) is 0 Å². The van der Waals surface area contributed by atoms with Crippen molar-refractivity contribution in [1.82, 2.24) is 4.98 Å². The smallest absolute Gasteiger partial charge is 0.339 e. The summed E-state index contributed by atoms with van der Waals surface area (Å²) in [6.45, 7) is 0.0842. The fourth-order valence-electron chi connectivity index (χ4n) is 2.55. The number of pyridine rings is 1. The average Bonchev–Trinajstić information content (AvgIpc) is 3.45. The fraction of sp³-hybridized carbons (Fsp3) is 0.278. The molecule has 0 spiro atoms. The van der Waals surface area contributed by atoms with Crippen LogP contribution in [0.15, 0.2) is 24.3 Å². The average molecular weight is 343 g/mol. The van der Waals surface area contributed by atoms with Crippen molar-refractivity contribution >= 4 is 11.7 Å². The van der Waals surface area contributed by atoms with E-state index in [1.807, 2.05) is 0 Å². The number of aromatic nitrogens is 1. The molecule has 1 heterocycles. The second-order valence-electron chi connectivity index (χ2n) is 5.78. The van der Waals surface area contributed by atoms with Gasteiger partial charge in [0, 0.05) is 5.92 Å². The van der Waals surface area contributed by atoms with Gasteiger partial charge in [-0.3, -0.25) is 4.98 Å². The van der Waals surface area contributed by atoms with Gasteiger partial charge in [-0.1, -0.05) is 0 Å². The number of ether oxygens (including phenoxy) is 1. The van der Waals surface area contributed by atoms with E-state index >= 15 is 0 Å². The van der Waals surface area contributed by atoms with E-state index in [2.05, 4.69) is 10.3 Å². The summed E-state index contributed by atoms with van der Waals surface area (Å²) in [6.07, 6.45) is 1.90. The van der Waals surface area contributed by atoms with Crippen LogP contribution in [0.4, 0.5) is 14.5 Å². The van der Waals surface area contributed by atoms with Crippen molar-refractivity contribution in [3.05, 3.63) is 58.4 Å². The summed E-state index contributed by atoms with van der Waals surface area (Å²) >= 11 is 0. The Morgan fingerprint density at radius 1 is 1.36 bits per heavy atom. The van der Waals surface area contributed by atoms with Gasteiger partial charge < -0.3 is 10.1 Å². The molecule has 1 saturated carbocycles. The number of esters is 1. The number of rotatable bonds is 5. The van der Waals surface area contributed by atoms with Gasteiger partial charge in [0.05, 0.1) is 42.2 Å². The van der Waals surface area contributed by atoms with E-state index in [1.165, 1.54) is 7.11 Å². The third-order valence-corrected chi connectivity index (χ3v) is 3.97. The molecule has 1 aromatic carbocycles. The van der Waals surface area contributed by atoms with Crippen LogP contribution >= 0.6 is 0 Å².